The Morgan fingerprint density at radius 1 is 1.06 bits per heavy atom. The summed E-state index contributed by atoms with van der Waals surface area (Å²) in [7, 11) is 0. The van der Waals surface area contributed by atoms with Crippen molar-refractivity contribution in [1.82, 2.24) is 19.8 Å². The molecule has 0 aliphatic carbocycles. The van der Waals surface area contributed by atoms with Crippen molar-refractivity contribution < 1.29 is 7.24 Å². The number of aromatic nitrogens is 2. The molecule has 2 aliphatic heterocycles. The van der Waals surface area contributed by atoms with Gasteiger partial charge in [0.05, 0.1) is 6.04 Å². The summed E-state index contributed by atoms with van der Waals surface area (Å²) in [5.41, 5.74) is 6.17. The molecule has 0 radical (unpaired) electrons. The van der Waals surface area contributed by atoms with Crippen molar-refractivity contribution in [3.8, 4) is 0 Å². The maximum Gasteiger partial charge on any atom is 0.118 e. The van der Waals surface area contributed by atoms with Crippen LogP contribution in [0.4, 0.5) is 4.39 Å². The Kier molecular flexibility index (Phi) is 5.53. The highest BCUT2D eigenvalue weighted by Crippen LogP contribution is 2.42. The van der Waals surface area contributed by atoms with Crippen LogP contribution >= 0.6 is 0 Å². The highest BCUT2D eigenvalue weighted by molar-refractivity contribution is 5.86. The molecule has 2 aliphatic rings. The Balaban J connectivity index is 0.00000160. The standard InChI is InChI=1S/C30H37FN4.2H2/c1-5-20-15-34(16-20)17-23-14-22-13-21(10-11-26(22)32-23)29-28-25(24-8-6-7-9-27(24)33-28)12-19(2)35(29)18-30(3,4)31;;/h6-11,13-14,19-20,29,32-33H,5,12,15-18H2,1-4H3;2*1H/t19-,29-;;/m1../s1. The van der Waals surface area contributed by atoms with Gasteiger partial charge in [0.1, 0.15) is 5.67 Å². The second-order valence-corrected chi connectivity index (χ2v) is 11.5. The highest BCUT2D eigenvalue weighted by atomic mass is 19.1. The lowest BCUT2D eigenvalue weighted by Crippen LogP contribution is -2.47. The highest BCUT2D eigenvalue weighted by Gasteiger charge is 2.38. The van der Waals surface area contributed by atoms with Gasteiger partial charge in [-0.25, -0.2) is 4.39 Å². The fourth-order valence-corrected chi connectivity index (χ4v) is 6.32. The zero-order chi connectivity index (χ0) is 24.3. The molecule has 0 amide bonds. The van der Waals surface area contributed by atoms with Gasteiger partial charge in [-0.1, -0.05) is 37.6 Å². The molecule has 4 heterocycles. The van der Waals surface area contributed by atoms with Crippen molar-refractivity contribution in [2.75, 3.05) is 19.6 Å². The zero-order valence-corrected chi connectivity index (χ0v) is 21.4. The number of aromatic amines is 2. The van der Waals surface area contributed by atoms with Crippen molar-refractivity contribution in [3.05, 3.63) is 71.0 Å². The number of alkyl halides is 1. The molecule has 6 rings (SSSR count). The summed E-state index contributed by atoms with van der Waals surface area (Å²) in [5, 5.41) is 2.53. The molecule has 2 N–H and O–H groups in total. The lowest BCUT2D eigenvalue weighted by atomic mass is 9.87. The van der Waals surface area contributed by atoms with Crippen LogP contribution < -0.4 is 0 Å². The number of nitrogens with one attached hydrogen (secondary N) is 2. The van der Waals surface area contributed by atoms with Gasteiger partial charge >= 0.3 is 0 Å². The molecule has 0 spiro atoms. The van der Waals surface area contributed by atoms with E-state index in [1.54, 1.807) is 13.8 Å². The van der Waals surface area contributed by atoms with Gasteiger partial charge in [-0.15, -0.1) is 0 Å². The topological polar surface area (TPSA) is 38.1 Å². The quantitative estimate of drug-likeness (QED) is 0.312. The number of hydrogen-bond acceptors (Lipinski definition) is 2. The Bertz CT molecular complexity index is 1370. The molecular weight excluding hydrogens is 435 g/mol. The summed E-state index contributed by atoms with van der Waals surface area (Å²) in [5.74, 6) is 0.857. The van der Waals surface area contributed by atoms with E-state index in [0.717, 1.165) is 18.9 Å². The molecule has 0 unspecified atom stereocenters. The van der Waals surface area contributed by atoms with E-state index in [-0.39, 0.29) is 14.9 Å². The van der Waals surface area contributed by atoms with E-state index in [1.807, 2.05) is 0 Å². The maximum absolute atomic E-state index is 15.0. The first kappa shape index (κ1) is 22.8. The molecule has 2 atom stereocenters. The molecule has 188 valence electrons. The number of halogens is 1. The van der Waals surface area contributed by atoms with E-state index in [0.29, 0.717) is 6.54 Å². The molecule has 5 heteroatoms. The van der Waals surface area contributed by atoms with Crippen molar-refractivity contribution >= 4 is 21.8 Å². The average Bonchev–Trinajstić information content (AvgIpc) is 3.35. The lowest BCUT2D eigenvalue weighted by Gasteiger charge is -2.43. The first-order chi connectivity index (χ1) is 16.8. The largest absolute Gasteiger partial charge is 0.357 e. The van der Waals surface area contributed by atoms with Gasteiger partial charge in [0.25, 0.3) is 0 Å². The molecular formula is C30H41FN4. The number of H-pyrrole nitrogens is 2. The van der Waals surface area contributed by atoms with Crippen LogP contribution in [0.1, 0.15) is 65.5 Å². The summed E-state index contributed by atoms with van der Waals surface area (Å²) >= 11 is 0. The molecule has 2 aromatic heterocycles. The van der Waals surface area contributed by atoms with Gasteiger partial charge < -0.3 is 9.97 Å². The van der Waals surface area contributed by atoms with E-state index in [9.17, 15) is 0 Å². The molecule has 0 bridgehead atoms. The Labute approximate surface area is 210 Å². The fourth-order valence-electron chi connectivity index (χ4n) is 6.32. The minimum absolute atomic E-state index is 0. The second-order valence-electron chi connectivity index (χ2n) is 11.5. The van der Waals surface area contributed by atoms with Crippen LogP contribution in [0.2, 0.25) is 0 Å². The number of likely N-dealkylation sites (tertiary alicyclic amines) is 1. The van der Waals surface area contributed by atoms with E-state index in [2.05, 4.69) is 82.1 Å². The molecule has 1 saturated heterocycles. The Morgan fingerprint density at radius 3 is 2.63 bits per heavy atom. The van der Waals surface area contributed by atoms with Crippen molar-refractivity contribution in [3.63, 3.8) is 0 Å². The predicted octanol–water partition coefficient (Wildman–Crippen LogP) is 7.07. The first-order valence-corrected chi connectivity index (χ1v) is 13.2. The first-order valence-electron chi connectivity index (χ1n) is 13.2. The fraction of sp³-hybridized carbons (Fsp3) is 0.467. The normalized spacial score (nSPS) is 22.1. The Hall–Kier alpha value is -2.63. The molecule has 0 saturated carbocycles. The summed E-state index contributed by atoms with van der Waals surface area (Å²) in [6, 6.07) is 17.9. The summed E-state index contributed by atoms with van der Waals surface area (Å²) in [6.07, 6.45) is 2.20. The third-order valence-electron chi connectivity index (χ3n) is 8.10. The van der Waals surface area contributed by atoms with Gasteiger partial charge in [-0.05, 0) is 68.5 Å². The van der Waals surface area contributed by atoms with Crippen molar-refractivity contribution in [2.24, 2.45) is 5.92 Å². The van der Waals surface area contributed by atoms with Crippen LogP contribution in [0.25, 0.3) is 21.8 Å². The number of hydrogen-bond donors (Lipinski definition) is 2. The van der Waals surface area contributed by atoms with E-state index in [1.165, 1.54) is 63.8 Å². The summed E-state index contributed by atoms with van der Waals surface area (Å²) in [6.45, 7) is 11.7. The monoisotopic (exact) mass is 476 g/mol. The van der Waals surface area contributed by atoms with Crippen LogP contribution in [0, 0.1) is 5.92 Å². The van der Waals surface area contributed by atoms with Gasteiger partial charge in [0, 0.05) is 68.3 Å². The SMILES string of the molecule is CCC1CN(Cc2cc3cc([C@@H]4c5[nH]c6ccccc6c5C[C@@H](C)N4CC(C)(C)F)ccc3[nH]2)C1.[HH].[HH]. The van der Waals surface area contributed by atoms with Crippen molar-refractivity contribution in [2.45, 2.75) is 64.8 Å². The summed E-state index contributed by atoms with van der Waals surface area (Å²) < 4.78 is 15.0. The minimum Gasteiger partial charge on any atom is -0.357 e. The van der Waals surface area contributed by atoms with Crippen LogP contribution in [-0.4, -0.2) is 51.1 Å². The maximum atomic E-state index is 15.0. The molecule has 4 nitrogen and oxygen atoms in total. The third kappa shape index (κ3) is 4.19. The molecule has 35 heavy (non-hydrogen) atoms. The number of rotatable bonds is 6. The lowest BCUT2D eigenvalue weighted by molar-refractivity contribution is 0.0668. The van der Waals surface area contributed by atoms with Crippen LogP contribution in [-0.2, 0) is 13.0 Å². The van der Waals surface area contributed by atoms with Gasteiger partial charge in [0.15, 0.2) is 0 Å². The van der Waals surface area contributed by atoms with Crippen LogP contribution in [0.5, 0.6) is 0 Å². The average molecular weight is 477 g/mol. The third-order valence-corrected chi connectivity index (χ3v) is 8.10. The summed E-state index contributed by atoms with van der Waals surface area (Å²) in [4.78, 5) is 12.2. The van der Waals surface area contributed by atoms with Gasteiger partial charge in [-0.2, -0.15) is 0 Å². The van der Waals surface area contributed by atoms with E-state index in [4.69, 9.17) is 0 Å². The van der Waals surface area contributed by atoms with Crippen LogP contribution in [0.15, 0.2) is 48.5 Å². The molecule has 1 fully saturated rings. The molecule has 4 aromatic rings. The van der Waals surface area contributed by atoms with Gasteiger partial charge in [-0.3, -0.25) is 9.80 Å². The number of benzene rings is 2. The van der Waals surface area contributed by atoms with Crippen molar-refractivity contribution in [1.29, 1.82) is 0 Å². The smallest absolute Gasteiger partial charge is 0.118 e. The number of nitrogens with zero attached hydrogens (tertiary/aromatic N) is 2. The van der Waals surface area contributed by atoms with E-state index < -0.39 is 5.67 Å². The Morgan fingerprint density at radius 2 is 1.86 bits per heavy atom. The van der Waals surface area contributed by atoms with E-state index >= 15 is 4.39 Å². The van der Waals surface area contributed by atoms with Gasteiger partial charge in [0.2, 0.25) is 0 Å². The van der Waals surface area contributed by atoms with Crippen LogP contribution in [0.3, 0.4) is 0 Å². The second kappa shape index (κ2) is 8.49. The molecule has 2 aromatic carbocycles. The number of fused-ring (bicyclic) bond motifs is 4. The minimum atomic E-state index is -1.27. The number of para-hydroxylation sites is 1. The predicted molar refractivity (Wildman–Crippen MR) is 147 cm³/mol. The zero-order valence-electron chi connectivity index (χ0n) is 21.4.